The van der Waals surface area contributed by atoms with Crippen LogP contribution in [-0.2, 0) is 14.4 Å². The lowest BCUT2D eigenvalue weighted by atomic mass is 10.1. The van der Waals surface area contributed by atoms with Gasteiger partial charge in [-0.3, -0.25) is 14.9 Å². The van der Waals surface area contributed by atoms with E-state index in [4.69, 9.17) is 16.3 Å². The first kappa shape index (κ1) is 26.5. The van der Waals surface area contributed by atoms with Crippen LogP contribution < -0.4 is 15.0 Å². The Labute approximate surface area is 234 Å². The highest BCUT2D eigenvalue weighted by molar-refractivity contribution is 9.11. The monoisotopic (exact) mass is 642 g/mol. The third-order valence-electron chi connectivity index (χ3n) is 5.22. The van der Waals surface area contributed by atoms with Gasteiger partial charge in [-0.15, -0.1) is 0 Å². The maximum atomic E-state index is 13.2. The highest BCUT2D eigenvalue weighted by Gasteiger charge is 2.37. The second-order valence-corrected chi connectivity index (χ2v) is 10.1. The average molecular weight is 645 g/mol. The SMILES string of the molecule is Cc1ccc(N2C(=O)NC(=O)/C(=C/c3cc(Br)cc(Br)c3OC(=O)/C=C/c3ccc(Cl)cc3)C2=O)cc1. The first-order valence-corrected chi connectivity index (χ1v) is 12.7. The van der Waals surface area contributed by atoms with Gasteiger partial charge in [-0.25, -0.2) is 14.5 Å². The molecule has 1 N–H and O–H groups in total. The summed E-state index contributed by atoms with van der Waals surface area (Å²) in [6, 6.07) is 16.0. The largest absolute Gasteiger partial charge is 0.422 e. The second-order valence-electron chi connectivity index (χ2n) is 7.91. The quantitative estimate of drug-likeness (QED) is 0.149. The van der Waals surface area contributed by atoms with Gasteiger partial charge in [0.25, 0.3) is 11.8 Å². The molecule has 0 saturated carbocycles. The van der Waals surface area contributed by atoms with E-state index in [1.165, 1.54) is 12.2 Å². The van der Waals surface area contributed by atoms with Crippen LogP contribution in [0.3, 0.4) is 0 Å². The van der Waals surface area contributed by atoms with E-state index < -0.39 is 23.8 Å². The van der Waals surface area contributed by atoms with Crippen LogP contribution in [0.5, 0.6) is 5.75 Å². The lowest BCUT2D eigenvalue weighted by Gasteiger charge is -2.26. The predicted molar refractivity (Wildman–Crippen MR) is 148 cm³/mol. The molecule has 0 unspecified atom stereocenters. The highest BCUT2D eigenvalue weighted by Crippen LogP contribution is 2.35. The Morgan fingerprint density at radius 1 is 1.00 bits per heavy atom. The van der Waals surface area contributed by atoms with Gasteiger partial charge in [-0.05, 0) is 77.0 Å². The minimum Gasteiger partial charge on any atom is -0.422 e. The van der Waals surface area contributed by atoms with Crippen LogP contribution in [0.15, 0.2) is 81.3 Å². The Balaban J connectivity index is 1.67. The average Bonchev–Trinajstić information content (AvgIpc) is 2.84. The number of amides is 4. The summed E-state index contributed by atoms with van der Waals surface area (Å²) in [5, 5.41) is 2.75. The number of carbonyl (C=O) groups excluding carboxylic acids is 4. The van der Waals surface area contributed by atoms with Crippen molar-refractivity contribution in [2.75, 3.05) is 4.90 Å². The van der Waals surface area contributed by atoms with Gasteiger partial charge in [0.1, 0.15) is 5.57 Å². The molecule has 0 atom stereocenters. The smallest absolute Gasteiger partial charge is 0.336 e. The van der Waals surface area contributed by atoms with E-state index in [1.54, 1.807) is 66.7 Å². The Bertz CT molecular complexity index is 1480. The number of ether oxygens (including phenoxy) is 1. The number of aryl methyl sites for hydroxylation is 1. The molecule has 0 bridgehead atoms. The van der Waals surface area contributed by atoms with Gasteiger partial charge in [0, 0.05) is 21.1 Å². The molecule has 4 amide bonds. The molecule has 4 rings (SSSR count). The van der Waals surface area contributed by atoms with Crippen LogP contribution in [-0.4, -0.2) is 23.8 Å². The van der Waals surface area contributed by atoms with Crippen molar-refractivity contribution in [2.45, 2.75) is 6.92 Å². The zero-order valence-corrected chi connectivity index (χ0v) is 23.1. The summed E-state index contributed by atoms with van der Waals surface area (Å²) in [6.07, 6.45) is 4.07. The van der Waals surface area contributed by atoms with Crippen molar-refractivity contribution >= 4 is 85.1 Å². The molecule has 1 saturated heterocycles. The summed E-state index contributed by atoms with van der Waals surface area (Å²) in [6.45, 7) is 1.87. The zero-order valence-electron chi connectivity index (χ0n) is 19.1. The molecule has 1 aliphatic heterocycles. The molecule has 37 heavy (non-hydrogen) atoms. The molecule has 1 fully saturated rings. The topological polar surface area (TPSA) is 92.8 Å². The number of halogens is 3. The van der Waals surface area contributed by atoms with Gasteiger partial charge in [0.05, 0.1) is 10.2 Å². The molecule has 1 heterocycles. The molecular weight excluding hydrogens is 628 g/mol. The van der Waals surface area contributed by atoms with E-state index in [2.05, 4.69) is 37.2 Å². The van der Waals surface area contributed by atoms with E-state index >= 15 is 0 Å². The van der Waals surface area contributed by atoms with Crippen molar-refractivity contribution in [3.63, 3.8) is 0 Å². The predicted octanol–water partition coefficient (Wildman–Crippen LogP) is 6.46. The van der Waals surface area contributed by atoms with Gasteiger partial charge in [-0.2, -0.15) is 0 Å². The van der Waals surface area contributed by atoms with Gasteiger partial charge in [0.15, 0.2) is 5.75 Å². The minimum absolute atomic E-state index is 0.0841. The molecule has 7 nitrogen and oxygen atoms in total. The van der Waals surface area contributed by atoms with Crippen LogP contribution in [0.25, 0.3) is 12.2 Å². The number of urea groups is 1. The maximum Gasteiger partial charge on any atom is 0.336 e. The number of benzene rings is 3. The Hall–Kier alpha value is -3.53. The number of hydrogen-bond acceptors (Lipinski definition) is 5. The van der Waals surface area contributed by atoms with Crippen molar-refractivity contribution in [3.05, 3.63) is 103 Å². The van der Waals surface area contributed by atoms with Crippen molar-refractivity contribution in [2.24, 2.45) is 0 Å². The Kier molecular flexibility index (Phi) is 8.06. The molecular formula is C27H17Br2ClN2O5. The molecule has 3 aromatic carbocycles. The molecule has 0 aliphatic carbocycles. The maximum absolute atomic E-state index is 13.2. The third-order valence-corrected chi connectivity index (χ3v) is 6.51. The van der Waals surface area contributed by atoms with Crippen LogP contribution >= 0.6 is 43.5 Å². The molecule has 1 aliphatic rings. The van der Waals surface area contributed by atoms with E-state index in [9.17, 15) is 19.2 Å². The number of hydrogen-bond donors (Lipinski definition) is 1. The zero-order chi connectivity index (χ0) is 26.7. The van der Waals surface area contributed by atoms with E-state index in [1.807, 2.05) is 6.92 Å². The minimum atomic E-state index is -0.866. The first-order valence-electron chi connectivity index (χ1n) is 10.7. The van der Waals surface area contributed by atoms with Crippen LogP contribution in [0.2, 0.25) is 5.02 Å². The first-order chi connectivity index (χ1) is 17.6. The molecule has 0 aromatic heterocycles. The van der Waals surface area contributed by atoms with E-state index in [0.29, 0.717) is 19.7 Å². The third kappa shape index (κ3) is 6.25. The Morgan fingerprint density at radius 2 is 1.68 bits per heavy atom. The van der Waals surface area contributed by atoms with E-state index in [0.717, 1.165) is 16.0 Å². The van der Waals surface area contributed by atoms with Crippen molar-refractivity contribution in [1.82, 2.24) is 5.32 Å². The molecule has 0 radical (unpaired) electrons. The number of anilines is 1. The summed E-state index contributed by atoms with van der Waals surface area (Å²) < 4.78 is 6.54. The van der Waals surface area contributed by atoms with Crippen molar-refractivity contribution < 1.29 is 23.9 Å². The number of nitrogens with one attached hydrogen (secondary N) is 1. The van der Waals surface area contributed by atoms with Crippen molar-refractivity contribution in [3.8, 4) is 5.75 Å². The van der Waals surface area contributed by atoms with Crippen LogP contribution in [0, 0.1) is 6.92 Å². The summed E-state index contributed by atoms with van der Waals surface area (Å²) >= 11 is 12.6. The number of rotatable bonds is 5. The number of carbonyl (C=O) groups is 4. The summed E-state index contributed by atoms with van der Waals surface area (Å²) in [5.74, 6) is -2.28. The molecule has 3 aromatic rings. The summed E-state index contributed by atoms with van der Waals surface area (Å²) in [4.78, 5) is 51.8. The normalized spacial score (nSPS) is 14.9. The molecule has 0 spiro atoms. The fraction of sp³-hybridized carbons (Fsp3) is 0.0370. The summed E-state index contributed by atoms with van der Waals surface area (Å²) in [5.41, 5.74) is 1.94. The standard InChI is InChI=1S/C27H17Br2ClN2O5/c1-15-2-9-20(10-3-15)32-26(35)21(25(34)31-27(32)36)13-17-12-18(28)14-22(29)24(17)37-23(33)11-6-16-4-7-19(30)8-5-16/h2-14H,1H3,(H,31,34,36)/b11-6+,21-13-. The molecule has 10 heteroatoms. The van der Waals surface area contributed by atoms with Gasteiger partial charge in [-0.1, -0.05) is 57.4 Å². The van der Waals surface area contributed by atoms with Crippen LogP contribution in [0.1, 0.15) is 16.7 Å². The lowest BCUT2D eigenvalue weighted by Crippen LogP contribution is -2.54. The number of esters is 1. The summed E-state index contributed by atoms with van der Waals surface area (Å²) in [7, 11) is 0. The lowest BCUT2D eigenvalue weighted by molar-refractivity contribution is -0.129. The van der Waals surface area contributed by atoms with Gasteiger partial charge in [0.2, 0.25) is 0 Å². The van der Waals surface area contributed by atoms with Crippen LogP contribution in [0.4, 0.5) is 10.5 Å². The van der Waals surface area contributed by atoms with Crippen molar-refractivity contribution in [1.29, 1.82) is 0 Å². The Morgan fingerprint density at radius 3 is 2.35 bits per heavy atom. The fourth-order valence-corrected chi connectivity index (χ4v) is 4.87. The van der Waals surface area contributed by atoms with Gasteiger partial charge < -0.3 is 4.74 Å². The molecule has 186 valence electrons. The number of barbiturate groups is 1. The van der Waals surface area contributed by atoms with Gasteiger partial charge >= 0.3 is 12.0 Å². The number of nitrogens with zero attached hydrogens (tertiary/aromatic N) is 1. The van der Waals surface area contributed by atoms with E-state index in [-0.39, 0.29) is 16.9 Å². The second kappa shape index (κ2) is 11.2. The fourth-order valence-electron chi connectivity index (χ4n) is 3.41. The number of imide groups is 2. The highest BCUT2D eigenvalue weighted by atomic mass is 79.9.